The second-order valence-electron chi connectivity index (χ2n) is 7.84. The molecule has 7 heteroatoms. The lowest BCUT2D eigenvalue weighted by Gasteiger charge is -2.34. The summed E-state index contributed by atoms with van der Waals surface area (Å²) in [5.41, 5.74) is 1.33. The van der Waals surface area contributed by atoms with Crippen LogP contribution in [0.2, 0.25) is 0 Å². The Morgan fingerprint density at radius 3 is 2.37 bits per heavy atom. The minimum atomic E-state index is -0.441. The number of phenols is 1. The maximum Gasteiger partial charge on any atom is 0.247 e. The predicted octanol–water partition coefficient (Wildman–Crippen LogP) is 2.37. The first-order valence-electron chi connectivity index (χ1n) is 10.2. The predicted molar refractivity (Wildman–Crippen MR) is 111 cm³/mol. The second kappa shape index (κ2) is 8.67. The molecule has 0 bridgehead atoms. The van der Waals surface area contributed by atoms with Gasteiger partial charge < -0.3 is 10.4 Å². The van der Waals surface area contributed by atoms with Crippen LogP contribution in [0.25, 0.3) is 0 Å². The highest BCUT2D eigenvalue weighted by molar-refractivity contribution is 6.05. The summed E-state index contributed by atoms with van der Waals surface area (Å²) in [7, 11) is 0. The minimum Gasteiger partial charge on any atom is -0.506 e. The SMILES string of the molecule is O=C(Nc1ccccc1O)C1CCN([C@H]2CC(=O)N(Cc3ccccc3)C2=O)CC1. The lowest BCUT2D eigenvalue weighted by Crippen LogP contribution is -2.47. The molecule has 2 saturated heterocycles. The molecule has 3 amide bonds. The third kappa shape index (κ3) is 4.21. The van der Waals surface area contributed by atoms with E-state index in [1.807, 2.05) is 35.2 Å². The highest BCUT2D eigenvalue weighted by atomic mass is 16.3. The van der Waals surface area contributed by atoms with E-state index in [2.05, 4.69) is 5.32 Å². The van der Waals surface area contributed by atoms with Crippen molar-refractivity contribution in [1.82, 2.24) is 9.80 Å². The van der Waals surface area contributed by atoms with Crippen molar-refractivity contribution in [3.05, 3.63) is 60.2 Å². The molecule has 2 N–H and O–H groups in total. The number of rotatable bonds is 5. The van der Waals surface area contributed by atoms with Crippen LogP contribution in [0.4, 0.5) is 5.69 Å². The first kappa shape index (κ1) is 20.1. The van der Waals surface area contributed by atoms with Gasteiger partial charge in [-0.1, -0.05) is 42.5 Å². The number of benzene rings is 2. The van der Waals surface area contributed by atoms with Gasteiger partial charge in [-0.25, -0.2) is 0 Å². The summed E-state index contributed by atoms with van der Waals surface area (Å²) in [6.07, 6.45) is 1.41. The Labute approximate surface area is 175 Å². The standard InChI is InChI=1S/C23H25N3O4/c27-20-9-5-4-8-18(20)24-22(29)17-10-12-25(13-11-17)19-14-21(28)26(23(19)30)15-16-6-2-1-3-7-16/h1-9,17,19,27H,10-15H2,(H,24,29)/t19-/m0/s1. The lowest BCUT2D eigenvalue weighted by molar-refractivity contribution is -0.140. The fraction of sp³-hybridized carbons (Fsp3) is 0.348. The summed E-state index contributed by atoms with van der Waals surface area (Å²) in [5, 5.41) is 12.6. The molecule has 4 rings (SSSR count). The zero-order chi connectivity index (χ0) is 21.1. The van der Waals surface area contributed by atoms with E-state index in [4.69, 9.17) is 0 Å². The Kier molecular flexibility index (Phi) is 5.81. The van der Waals surface area contributed by atoms with Crippen molar-refractivity contribution in [3.63, 3.8) is 0 Å². The summed E-state index contributed by atoms with van der Waals surface area (Å²) in [4.78, 5) is 41.2. The number of hydrogen-bond donors (Lipinski definition) is 2. The van der Waals surface area contributed by atoms with Crippen LogP contribution in [0.1, 0.15) is 24.8 Å². The summed E-state index contributed by atoms with van der Waals surface area (Å²) in [5.74, 6) is -0.574. The monoisotopic (exact) mass is 407 g/mol. The summed E-state index contributed by atoms with van der Waals surface area (Å²) in [6, 6.07) is 15.7. The molecule has 0 aromatic heterocycles. The molecule has 2 aromatic rings. The van der Waals surface area contributed by atoms with Gasteiger partial charge in [-0.15, -0.1) is 0 Å². The number of para-hydroxylation sites is 2. The Hall–Kier alpha value is -3.19. The molecule has 1 atom stereocenters. The molecule has 156 valence electrons. The van der Waals surface area contributed by atoms with Crippen LogP contribution in [0.15, 0.2) is 54.6 Å². The number of phenolic OH excluding ortho intramolecular Hbond substituents is 1. The molecule has 2 fully saturated rings. The molecule has 2 aliphatic rings. The molecule has 0 unspecified atom stereocenters. The highest BCUT2D eigenvalue weighted by Gasteiger charge is 2.43. The number of aromatic hydroxyl groups is 1. The van der Waals surface area contributed by atoms with Crippen molar-refractivity contribution in [2.45, 2.75) is 31.8 Å². The number of nitrogens with one attached hydrogen (secondary N) is 1. The number of hydrogen-bond acceptors (Lipinski definition) is 5. The van der Waals surface area contributed by atoms with Gasteiger partial charge in [0.2, 0.25) is 17.7 Å². The Morgan fingerprint density at radius 1 is 1.00 bits per heavy atom. The highest BCUT2D eigenvalue weighted by Crippen LogP contribution is 2.28. The van der Waals surface area contributed by atoms with Crippen molar-refractivity contribution in [1.29, 1.82) is 0 Å². The topological polar surface area (TPSA) is 89.9 Å². The van der Waals surface area contributed by atoms with E-state index in [1.165, 1.54) is 11.0 Å². The molecule has 0 spiro atoms. The summed E-state index contributed by atoms with van der Waals surface area (Å²) >= 11 is 0. The maximum atomic E-state index is 12.9. The number of nitrogens with zero attached hydrogens (tertiary/aromatic N) is 2. The average Bonchev–Trinajstić information content (AvgIpc) is 3.04. The third-order valence-electron chi connectivity index (χ3n) is 5.91. The largest absolute Gasteiger partial charge is 0.506 e. The number of carbonyl (C=O) groups excluding carboxylic acids is 3. The number of carbonyl (C=O) groups is 3. The van der Waals surface area contributed by atoms with Crippen molar-refractivity contribution in [2.24, 2.45) is 5.92 Å². The van der Waals surface area contributed by atoms with Crippen LogP contribution in [0.3, 0.4) is 0 Å². The summed E-state index contributed by atoms with van der Waals surface area (Å²) < 4.78 is 0. The lowest BCUT2D eigenvalue weighted by atomic mass is 9.94. The number of imide groups is 1. The van der Waals surface area contributed by atoms with Gasteiger partial charge in [-0.05, 0) is 43.6 Å². The van der Waals surface area contributed by atoms with Crippen LogP contribution in [0, 0.1) is 5.92 Å². The maximum absolute atomic E-state index is 12.9. The number of likely N-dealkylation sites (tertiary alicyclic amines) is 2. The fourth-order valence-corrected chi connectivity index (χ4v) is 4.17. The molecule has 2 aliphatic heterocycles. The van der Waals surface area contributed by atoms with Crippen molar-refractivity contribution >= 4 is 23.4 Å². The van der Waals surface area contributed by atoms with Gasteiger partial charge in [0.25, 0.3) is 0 Å². The molecule has 0 saturated carbocycles. The van der Waals surface area contributed by atoms with Crippen LogP contribution in [-0.2, 0) is 20.9 Å². The van der Waals surface area contributed by atoms with Crippen molar-refractivity contribution < 1.29 is 19.5 Å². The average molecular weight is 407 g/mol. The third-order valence-corrected chi connectivity index (χ3v) is 5.91. The molecule has 2 heterocycles. The van der Waals surface area contributed by atoms with E-state index >= 15 is 0 Å². The van der Waals surface area contributed by atoms with Gasteiger partial charge in [0.15, 0.2) is 0 Å². The molecular weight excluding hydrogens is 382 g/mol. The van der Waals surface area contributed by atoms with E-state index < -0.39 is 6.04 Å². The molecule has 0 radical (unpaired) electrons. The van der Waals surface area contributed by atoms with E-state index in [0.29, 0.717) is 38.2 Å². The Morgan fingerprint density at radius 2 is 1.67 bits per heavy atom. The van der Waals surface area contributed by atoms with Crippen molar-refractivity contribution in [3.8, 4) is 5.75 Å². The number of anilines is 1. The molecule has 0 aliphatic carbocycles. The van der Waals surface area contributed by atoms with Crippen LogP contribution >= 0.6 is 0 Å². The smallest absolute Gasteiger partial charge is 0.247 e. The first-order valence-corrected chi connectivity index (χ1v) is 10.2. The zero-order valence-electron chi connectivity index (χ0n) is 16.7. The molecule has 2 aromatic carbocycles. The molecular formula is C23H25N3O4. The van der Waals surface area contributed by atoms with E-state index in [-0.39, 0.29) is 35.8 Å². The Bertz CT molecular complexity index is 938. The van der Waals surface area contributed by atoms with E-state index in [0.717, 1.165) is 5.56 Å². The second-order valence-corrected chi connectivity index (χ2v) is 7.84. The van der Waals surface area contributed by atoms with E-state index in [1.54, 1.807) is 18.2 Å². The zero-order valence-corrected chi connectivity index (χ0v) is 16.7. The first-order chi connectivity index (χ1) is 14.5. The van der Waals surface area contributed by atoms with Gasteiger partial charge in [0.05, 0.1) is 24.7 Å². The van der Waals surface area contributed by atoms with Gasteiger partial charge in [0.1, 0.15) is 5.75 Å². The van der Waals surface area contributed by atoms with E-state index in [9.17, 15) is 19.5 Å². The normalized spacial score (nSPS) is 20.5. The number of piperidine rings is 1. The molecule has 30 heavy (non-hydrogen) atoms. The summed E-state index contributed by atoms with van der Waals surface area (Å²) in [6.45, 7) is 1.47. The van der Waals surface area contributed by atoms with Gasteiger partial charge >= 0.3 is 0 Å². The molecule has 7 nitrogen and oxygen atoms in total. The van der Waals surface area contributed by atoms with Crippen molar-refractivity contribution in [2.75, 3.05) is 18.4 Å². The van der Waals surface area contributed by atoms with Crippen LogP contribution in [-0.4, -0.2) is 51.8 Å². The Balaban J connectivity index is 1.33. The quantitative estimate of drug-likeness (QED) is 0.587. The van der Waals surface area contributed by atoms with Crippen LogP contribution in [0.5, 0.6) is 5.75 Å². The minimum absolute atomic E-state index is 0.0388. The van der Waals surface area contributed by atoms with Gasteiger partial charge in [0, 0.05) is 5.92 Å². The van der Waals surface area contributed by atoms with Gasteiger partial charge in [-0.2, -0.15) is 0 Å². The van der Waals surface area contributed by atoms with Crippen LogP contribution < -0.4 is 5.32 Å². The fourth-order valence-electron chi connectivity index (χ4n) is 4.17. The van der Waals surface area contributed by atoms with Gasteiger partial charge in [-0.3, -0.25) is 24.2 Å². The number of amides is 3.